The number of hydrogen-bond donors (Lipinski definition) is 1. The Balaban J connectivity index is 2.10. The van der Waals surface area contributed by atoms with Crippen LogP contribution in [0.5, 0.6) is 0 Å². The number of hydrogen-bond acceptors (Lipinski definition) is 7. The molecule has 0 radical (unpaired) electrons. The normalized spacial score (nSPS) is 13.5. The van der Waals surface area contributed by atoms with Gasteiger partial charge >= 0.3 is 5.97 Å². The zero-order chi connectivity index (χ0) is 18.8. The van der Waals surface area contributed by atoms with Crippen molar-refractivity contribution in [1.29, 1.82) is 0 Å². The van der Waals surface area contributed by atoms with E-state index in [1.165, 1.54) is 31.3 Å². The summed E-state index contributed by atoms with van der Waals surface area (Å²) < 4.78 is 36.0. The summed E-state index contributed by atoms with van der Waals surface area (Å²) in [6.07, 6.45) is -0.725. The first kappa shape index (κ1) is 19.1. The van der Waals surface area contributed by atoms with Crippen molar-refractivity contribution in [3.05, 3.63) is 41.5 Å². The molecule has 0 amide bonds. The fraction of sp³-hybridized carbons (Fsp3) is 0.438. The number of aromatic nitrogens is 2. The van der Waals surface area contributed by atoms with Gasteiger partial charge in [-0.15, -0.1) is 0 Å². The molecule has 136 valence electrons. The van der Waals surface area contributed by atoms with E-state index in [1.54, 1.807) is 6.92 Å². The lowest BCUT2D eigenvalue weighted by atomic mass is 9.96. The van der Waals surface area contributed by atoms with Crippen molar-refractivity contribution in [2.24, 2.45) is 0 Å². The highest BCUT2D eigenvalue weighted by Gasteiger charge is 2.25. The molecular weight excluding hydrogens is 346 g/mol. The van der Waals surface area contributed by atoms with E-state index in [1.807, 2.05) is 20.8 Å². The zero-order valence-corrected chi connectivity index (χ0v) is 15.5. The highest BCUT2D eigenvalue weighted by Crippen LogP contribution is 2.23. The smallest absolute Gasteiger partial charge is 0.338 e. The van der Waals surface area contributed by atoms with Crippen LogP contribution >= 0.6 is 0 Å². The SMILES string of the molecule is CNS(=O)(=O)c1ccc(C(=O)O[C@H](C)c2nc(C(C)(C)C)no2)cc1. The Labute approximate surface area is 146 Å². The third kappa shape index (κ3) is 4.43. The number of nitrogens with one attached hydrogen (secondary N) is 1. The summed E-state index contributed by atoms with van der Waals surface area (Å²) >= 11 is 0. The zero-order valence-electron chi connectivity index (χ0n) is 14.7. The molecule has 0 saturated heterocycles. The van der Waals surface area contributed by atoms with E-state index < -0.39 is 22.1 Å². The van der Waals surface area contributed by atoms with Gasteiger partial charge in [0.2, 0.25) is 10.0 Å². The Morgan fingerprint density at radius 3 is 2.32 bits per heavy atom. The van der Waals surface area contributed by atoms with Crippen LogP contribution in [0.2, 0.25) is 0 Å². The standard InChI is InChI=1S/C16H21N3O5S/c1-10(13-18-15(19-24-13)16(2,3)4)23-14(20)11-6-8-12(9-7-11)25(21,22)17-5/h6-10,17H,1-5H3/t10-/m1/s1. The lowest BCUT2D eigenvalue weighted by Crippen LogP contribution is -2.18. The minimum atomic E-state index is -3.55. The molecule has 9 heteroatoms. The monoisotopic (exact) mass is 367 g/mol. The van der Waals surface area contributed by atoms with Crippen molar-refractivity contribution in [3.8, 4) is 0 Å². The number of carbonyl (C=O) groups is 1. The van der Waals surface area contributed by atoms with Crippen molar-refractivity contribution in [3.63, 3.8) is 0 Å². The van der Waals surface area contributed by atoms with Gasteiger partial charge in [-0.3, -0.25) is 0 Å². The fourth-order valence-electron chi connectivity index (χ4n) is 1.87. The van der Waals surface area contributed by atoms with Crippen LogP contribution in [0.3, 0.4) is 0 Å². The molecular formula is C16H21N3O5S. The molecule has 0 spiro atoms. The number of esters is 1. The molecule has 1 N–H and O–H groups in total. The number of ether oxygens (including phenoxy) is 1. The molecule has 0 unspecified atom stereocenters. The first-order chi connectivity index (χ1) is 11.5. The second kappa shape index (κ2) is 6.93. The molecule has 0 bridgehead atoms. The summed E-state index contributed by atoms with van der Waals surface area (Å²) in [6, 6.07) is 5.43. The molecule has 0 aliphatic rings. The van der Waals surface area contributed by atoms with Gasteiger partial charge in [0.25, 0.3) is 5.89 Å². The van der Waals surface area contributed by atoms with E-state index in [0.717, 1.165) is 0 Å². The maximum atomic E-state index is 12.2. The maximum Gasteiger partial charge on any atom is 0.338 e. The van der Waals surface area contributed by atoms with Gasteiger partial charge < -0.3 is 9.26 Å². The van der Waals surface area contributed by atoms with E-state index in [4.69, 9.17) is 9.26 Å². The lowest BCUT2D eigenvalue weighted by molar-refractivity contribution is 0.0265. The summed E-state index contributed by atoms with van der Waals surface area (Å²) in [6.45, 7) is 7.45. The highest BCUT2D eigenvalue weighted by molar-refractivity contribution is 7.89. The Morgan fingerprint density at radius 2 is 1.84 bits per heavy atom. The van der Waals surface area contributed by atoms with Crippen LogP contribution in [0.1, 0.15) is 55.9 Å². The van der Waals surface area contributed by atoms with Crippen LogP contribution in [0.25, 0.3) is 0 Å². The summed E-state index contributed by atoms with van der Waals surface area (Å²) in [5, 5.41) is 3.89. The van der Waals surface area contributed by atoms with Gasteiger partial charge in [-0.25, -0.2) is 17.9 Å². The number of benzene rings is 1. The van der Waals surface area contributed by atoms with Crippen molar-refractivity contribution in [1.82, 2.24) is 14.9 Å². The van der Waals surface area contributed by atoms with Crippen LogP contribution in [-0.2, 0) is 20.2 Å². The Morgan fingerprint density at radius 1 is 1.24 bits per heavy atom. The topological polar surface area (TPSA) is 111 Å². The van der Waals surface area contributed by atoms with Crippen molar-refractivity contribution >= 4 is 16.0 Å². The first-order valence-corrected chi connectivity index (χ1v) is 9.11. The van der Waals surface area contributed by atoms with Gasteiger partial charge in [0, 0.05) is 5.41 Å². The van der Waals surface area contributed by atoms with Crippen molar-refractivity contribution < 1.29 is 22.5 Å². The quantitative estimate of drug-likeness (QED) is 0.806. The molecule has 8 nitrogen and oxygen atoms in total. The van der Waals surface area contributed by atoms with E-state index in [9.17, 15) is 13.2 Å². The average Bonchev–Trinajstić information content (AvgIpc) is 3.05. The number of carbonyl (C=O) groups excluding carboxylic acids is 1. The molecule has 0 fully saturated rings. The van der Waals surface area contributed by atoms with E-state index >= 15 is 0 Å². The predicted molar refractivity (Wildman–Crippen MR) is 89.5 cm³/mol. The Bertz CT molecular complexity index is 851. The molecule has 0 saturated carbocycles. The van der Waals surface area contributed by atoms with Crippen LogP contribution < -0.4 is 4.72 Å². The van der Waals surface area contributed by atoms with E-state index in [-0.39, 0.29) is 21.8 Å². The van der Waals surface area contributed by atoms with Gasteiger partial charge in [-0.2, -0.15) is 4.98 Å². The third-order valence-electron chi connectivity index (χ3n) is 3.41. The second-order valence-electron chi connectivity index (χ2n) is 6.49. The van der Waals surface area contributed by atoms with Crippen molar-refractivity contribution in [2.75, 3.05) is 7.05 Å². The van der Waals surface area contributed by atoms with Gasteiger partial charge in [-0.05, 0) is 38.2 Å². The fourth-order valence-corrected chi connectivity index (χ4v) is 2.60. The highest BCUT2D eigenvalue weighted by atomic mass is 32.2. The second-order valence-corrected chi connectivity index (χ2v) is 8.37. The number of sulfonamides is 1. The number of rotatable bonds is 5. The molecule has 0 aliphatic heterocycles. The molecule has 1 aromatic heterocycles. The third-order valence-corrected chi connectivity index (χ3v) is 4.84. The molecule has 2 aromatic rings. The summed E-state index contributed by atoms with van der Waals surface area (Å²) in [4.78, 5) is 16.5. The van der Waals surface area contributed by atoms with Gasteiger partial charge in [0.05, 0.1) is 10.5 Å². The van der Waals surface area contributed by atoms with E-state index in [0.29, 0.717) is 5.82 Å². The van der Waals surface area contributed by atoms with Crippen LogP contribution in [0.15, 0.2) is 33.7 Å². The van der Waals surface area contributed by atoms with Crippen molar-refractivity contribution in [2.45, 2.75) is 44.1 Å². The Kier molecular flexibility index (Phi) is 5.28. The Hall–Kier alpha value is -2.26. The van der Waals surface area contributed by atoms with Gasteiger partial charge in [0.1, 0.15) is 0 Å². The largest absolute Gasteiger partial charge is 0.449 e. The molecule has 1 heterocycles. The summed E-state index contributed by atoms with van der Waals surface area (Å²) in [7, 11) is -2.24. The molecule has 25 heavy (non-hydrogen) atoms. The van der Waals surface area contributed by atoms with Crippen LogP contribution in [0, 0.1) is 0 Å². The summed E-state index contributed by atoms with van der Waals surface area (Å²) in [5.41, 5.74) is -0.0578. The van der Waals surface area contributed by atoms with Crippen LogP contribution in [0.4, 0.5) is 0 Å². The minimum Gasteiger partial charge on any atom is -0.449 e. The van der Waals surface area contributed by atoms with Gasteiger partial charge in [-0.1, -0.05) is 25.9 Å². The van der Waals surface area contributed by atoms with Crippen LogP contribution in [-0.4, -0.2) is 31.6 Å². The molecule has 1 atom stereocenters. The molecule has 0 aliphatic carbocycles. The number of nitrogens with zero attached hydrogens (tertiary/aromatic N) is 2. The van der Waals surface area contributed by atoms with E-state index in [2.05, 4.69) is 14.9 Å². The maximum absolute atomic E-state index is 12.2. The minimum absolute atomic E-state index is 0.0614. The molecule has 2 rings (SSSR count). The lowest BCUT2D eigenvalue weighted by Gasteiger charge is -2.12. The first-order valence-electron chi connectivity index (χ1n) is 7.63. The molecule has 1 aromatic carbocycles. The predicted octanol–water partition coefficient (Wildman–Crippen LogP) is 2.19. The van der Waals surface area contributed by atoms with Gasteiger partial charge in [0.15, 0.2) is 11.9 Å². The average molecular weight is 367 g/mol. The summed E-state index contributed by atoms with van der Waals surface area (Å²) in [5.74, 6) is 0.107.